The summed E-state index contributed by atoms with van der Waals surface area (Å²) >= 11 is 1.10. The number of hydrogen-bond donors (Lipinski definition) is 1. The second kappa shape index (κ2) is 10.5. The second-order valence-corrected chi connectivity index (χ2v) is 7.00. The molecule has 1 amide bonds. The van der Waals surface area contributed by atoms with Crippen LogP contribution >= 0.6 is 11.8 Å². The molecule has 0 spiro atoms. The van der Waals surface area contributed by atoms with Gasteiger partial charge < -0.3 is 23.9 Å². The molecule has 3 aromatic rings. The molecule has 1 heterocycles. The number of ether oxygens (including phenoxy) is 3. The molecule has 0 aliphatic carbocycles. The summed E-state index contributed by atoms with van der Waals surface area (Å²) in [7, 11) is 3.10. The molecule has 1 aromatic heterocycles. The van der Waals surface area contributed by atoms with Gasteiger partial charge in [-0.25, -0.2) is 4.79 Å². The van der Waals surface area contributed by atoms with Crippen molar-refractivity contribution in [2.45, 2.75) is 12.1 Å². The molecule has 31 heavy (non-hydrogen) atoms. The average Bonchev–Trinajstić information content (AvgIpc) is 3.27. The lowest BCUT2D eigenvalue weighted by atomic mass is 10.2. The van der Waals surface area contributed by atoms with E-state index in [1.807, 2.05) is 0 Å². The lowest BCUT2D eigenvalue weighted by molar-refractivity contribution is -0.113. The van der Waals surface area contributed by atoms with Crippen LogP contribution in [0.3, 0.4) is 0 Å². The first kappa shape index (κ1) is 22.2. The maximum atomic E-state index is 12.2. The number of carbonyl (C=O) groups is 2. The van der Waals surface area contributed by atoms with Crippen LogP contribution in [0.15, 0.2) is 52.1 Å². The first-order valence-corrected chi connectivity index (χ1v) is 10.3. The van der Waals surface area contributed by atoms with Crippen molar-refractivity contribution in [1.29, 1.82) is 0 Å². The molecule has 0 atom stereocenters. The number of aromatic nitrogens is 2. The fourth-order valence-corrected chi connectivity index (χ4v) is 3.15. The molecule has 10 heteroatoms. The zero-order valence-corrected chi connectivity index (χ0v) is 18.0. The number of carbonyl (C=O) groups excluding carboxylic acids is 2. The number of amides is 1. The van der Waals surface area contributed by atoms with Gasteiger partial charge in [0.2, 0.25) is 5.91 Å². The Balaban J connectivity index is 1.58. The number of nitrogens with one attached hydrogen (secondary N) is 1. The highest BCUT2D eigenvalue weighted by atomic mass is 32.2. The van der Waals surface area contributed by atoms with Crippen LogP contribution in [-0.2, 0) is 9.53 Å². The molecule has 2 aromatic carbocycles. The van der Waals surface area contributed by atoms with Gasteiger partial charge >= 0.3 is 5.97 Å². The van der Waals surface area contributed by atoms with Gasteiger partial charge in [0, 0.05) is 5.69 Å². The van der Waals surface area contributed by atoms with Crippen molar-refractivity contribution in [3.63, 3.8) is 0 Å². The van der Waals surface area contributed by atoms with Gasteiger partial charge in [0.05, 0.1) is 37.7 Å². The van der Waals surface area contributed by atoms with Crippen molar-refractivity contribution in [1.82, 2.24) is 10.2 Å². The van der Waals surface area contributed by atoms with Crippen molar-refractivity contribution in [2.24, 2.45) is 0 Å². The number of methoxy groups -OCH3 is 2. The van der Waals surface area contributed by atoms with Gasteiger partial charge in [-0.15, -0.1) is 10.2 Å². The zero-order chi connectivity index (χ0) is 22.2. The Morgan fingerprint density at radius 1 is 1.06 bits per heavy atom. The number of thioether (sulfide) groups is 1. The van der Waals surface area contributed by atoms with Crippen LogP contribution in [0.25, 0.3) is 11.5 Å². The predicted molar refractivity (Wildman–Crippen MR) is 115 cm³/mol. The van der Waals surface area contributed by atoms with E-state index >= 15 is 0 Å². The molecule has 0 aliphatic rings. The first-order valence-electron chi connectivity index (χ1n) is 9.29. The molecule has 0 saturated heterocycles. The molecule has 0 unspecified atom stereocenters. The Morgan fingerprint density at radius 2 is 1.84 bits per heavy atom. The minimum absolute atomic E-state index is 0.0660. The van der Waals surface area contributed by atoms with E-state index in [1.165, 1.54) is 0 Å². The van der Waals surface area contributed by atoms with Crippen LogP contribution in [0.5, 0.6) is 11.5 Å². The SMILES string of the molecule is CCOC(=O)c1ccc(NC(=O)CSc2nnc(-c3cc(OC)ccc3OC)o2)cc1. The summed E-state index contributed by atoms with van der Waals surface area (Å²) in [6, 6.07) is 11.7. The van der Waals surface area contributed by atoms with Gasteiger partial charge in [-0.05, 0) is 49.4 Å². The monoisotopic (exact) mass is 443 g/mol. The minimum Gasteiger partial charge on any atom is -0.497 e. The number of anilines is 1. The molecular weight excluding hydrogens is 422 g/mol. The van der Waals surface area contributed by atoms with Crippen LogP contribution in [0.2, 0.25) is 0 Å². The normalized spacial score (nSPS) is 10.4. The Bertz CT molecular complexity index is 1050. The van der Waals surface area contributed by atoms with Crippen molar-refractivity contribution in [3.05, 3.63) is 48.0 Å². The third-order valence-electron chi connectivity index (χ3n) is 4.05. The number of rotatable bonds is 9. The lowest BCUT2D eigenvalue weighted by Gasteiger charge is -2.07. The van der Waals surface area contributed by atoms with Crippen molar-refractivity contribution in [2.75, 3.05) is 31.9 Å². The maximum absolute atomic E-state index is 12.2. The van der Waals surface area contributed by atoms with Crippen LogP contribution in [0.1, 0.15) is 17.3 Å². The van der Waals surface area contributed by atoms with Gasteiger partial charge in [-0.1, -0.05) is 11.8 Å². The molecular formula is C21H21N3O6S. The molecule has 0 radical (unpaired) electrons. The van der Waals surface area contributed by atoms with Gasteiger partial charge in [0.1, 0.15) is 11.5 Å². The summed E-state index contributed by atoms with van der Waals surface area (Å²) in [4.78, 5) is 23.9. The Labute approximate surface area is 183 Å². The van der Waals surface area contributed by atoms with E-state index in [1.54, 1.807) is 63.6 Å². The van der Waals surface area contributed by atoms with Crippen LogP contribution in [0, 0.1) is 0 Å². The van der Waals surface area contributed by atoms with E-state index in [2.05, 4.69) is 15.5 Å². The van der Waals surface area contributed by atoms with Gasteiger partial charge in [0.15, 0.2) is 0 Å². The van der Waals surface area contributed by atoms with E-state index in [9.17, 15) is 9.59 Å². The number of benzene rings is 2. The largest absolute Gasteiger partial charge is 0.497 e. The topological polar surface area (TPSA) is 113 Å². The van der Waals surface area contributed by atoms with Crippen LogP contribution in [0.4, 0.5) is 5.69 Å². The molecule has 0 bridgehead atoms. The summed E-state index contributed by atoms with van der Waals surface area (Å²) in [6.45, 7) is 2.04. The van der Waals surface area contributed by atoms with E-state index in [0.29, 0.717) is 34.9 Å². The highest BCUT2D eigenvalue weighted by Crippen LogP contribution is 2.33. The van der Waals surface area contributed by atoms with Gasteiger partial charge in [0.25, 0.3) is 11.1 Å². The van der Waals surface area contributed by atoms with Gasteiger partial charge in [-0.3, -0.25) is 4.79 Å². The Hall–Kier alpha value is -3.53. The quantitative estimate of drug-likeness (QED) is 0.391. The fourth-order valence-electron chi connectivity index (χ4n) is 2.59. The van der Waals surface area contributed by atoms with E-state index in [0.717, 1.165) is 11.8 Å². The average molecular weight is 443 g/mol. The maximum Gasteiger partial charge on any atom is 0.338 e. The van der Waals surface area contributed by atoms with Gasteiger partial charge in [-0.2, -0.15) is 0 Å². The Kier molecular flexibility index (Phi) is 7.50. The Morgan fingerprint density at radius 3 is 2.52 bits per heavy atom. The number of hydrogen-bond acceptors (Lipinski definition) is 9. The highest BCUT2D eigenvalue weighted by molar-refractivity contribution is 7.99. The molecule has 3 rings (SSSR count). The first-order chi connectivity index (χ1) is 15.0. The number of esters is 1. The second-order valence-electron chi connectivity index (χ2n) is 6.07. The molecule has 1 N–H and O–H groups in total. The minimum atomic E-state index is -0.407. The summed E-state index contributed by atoms with van der Waals surface area (Å²) in [5.41, 5.74) is 1.57. The summed E-state index contributed by atoms with van der Waals surface area (Å²) in [5.74, 6) is 0.842. The van der Waals surface area contributed by atoms with E-state index < -0.39 is 5.97 Å². The highest BCUT2D eigenvalue weighted by Gasteiger charge is 2.16. The fraction of sp³-hybridized carbons (Fsp3) is 0.238. The molecule has 0 fully saturated rings. The third-order valence-corrected chi connectivity index (χ3v) is 4.87. The smallest absolute Gasteiger partial charge is 0.338 e. The van der Waals surface area contributed by atoms with E-state index in [4.69, 9.17) is 18.6 Å². The number of nitrogens with zero attached hydrogens (tertiary/aromatic N) is 2. The van der Waals surface area contributed by atoms with Crippen LogP contribution < -0.4 is 14.8 Å². The van der Waals surface area contributed by atoms with E-state index in [-0.39, 0.29) is 22.8 Å². The van der Waals surface area contributed by atoms with Crippen molar-refractivity contribution < 1.29 is 28.2 Å². The van der Waals surface area contributed by atoms with Crippen molar-refractivity contribution in [3.8, 4) is 23.0 Å². The summed E-state index contributed by atoms with van der Waals surface area (Å²) in [6.07, 6.45) is 0. The molecule has 0 saturated carbocycles. The molecule has 162 valence electrons. The summed E-state index contributed by atoms with van der Waals surface area (Å²) < 4.78 is 21.1. The predicted octanol–water partition coefficient (Wildman–Crippen LogP) is 3.66. The summed E-state index contributed by atoms with van der Waals surface area (Å²) in [5, 5.41) is 11.0. The third kappa shape index (κ3) is 5.76. The lowest BCUT2D eigenvalue weighted by Crippen LogP contribution is -2.14. The molecule has 0 aliphatic heterocycles. The van der Waals surface area contributed by atoms with Crippen molar-refractivity contribution >= 4 is 29.3 Å². The molecule has 9 nitrogen and oxygen atoms in total. The van der Waals surface area contributed by atoms with Crippen LogP contribution in [-0.4, -0.2) is 48.7 Å². The zero-order valence-electron chi connectivity index (χ0n) is 17.2. The standard InChI is InChI=1S/C21H21N3O6S/c1-4-29-20(26)13-5-7-14(8-6-13)22-18(25)12-31-21-24-23-19(30-21)16-11-15(27-2)9-10-17(16)28-3/h5-11H,4,12H2,1-3H3,(H,22,25).